The van der Waals surface area contributed by atoms with Crippen molar-refractivity contribution in [2.45, 2.75) is 60.3 Å². The zero-order valence-electron chi connectivity index (χ0n) is 16.7. The van der Waals surface area contributed by atoms with E-state index in [2.05, 4.69) is 52.8 Å². The molecule has 1 aliphatic rings. The minimum atomic E-state index is -0.428. The van der Waals surface area contributed by atoms with Gasteiger partial charge in [0.1, 0.15) is 5.76 Å². The first-order chi connectivity index (χ1) is 11.7. The maximum atomic E-state index is 12.7. The largest absolute Gasteiger partial charge is 0.468 e. The molecule has 0 unspecified atom stereocenters. The lowest BCUT2D eigenvalue weighted by molar-refractivity contribution is 0.249. The smallest absolute Gasteiger partial charge is 0.291 e. The highest BCUT2D eigenvalue weighted by atomic mass is 16.6. The summed E-state index contributed by atoms with van der Waals surface area (Å²) < 4.78 is 11.5. The summed E-state index contributed by atoms with van der Waals surface area (Å²) in [7, 11) is 1.54. The summed E-state index contributed by atoms with van der Waals surface area (Å²) in [6.45, 7) is 14.3. The molecule has 2 rings (SSSR count). The monoisotopic (exact) mass is 342 g/mol. The number of allylic oxidation sites excluding steroid dienone is 6. The molecule has 0 aromatic carbocycles. The molecule has 0 bridgehead atoms. The Labute approximate surface area is 151 Å². The van der Waals surface area contributed by atoms with E-state index in [0.29, 0.717) is 22.8 Å². The fourth-order valence-corrected chi connectivity index (χ4v) is 4.41. The van der Waals surface area contributed by atoms with E-state index in [4.69, 9.17) is 9.15 Å². The van der Waals surface area contributed by atoms with Gasteiger partial charge in [-0.05, 0) is 48.0 Å². The van der Waals surface area contributed by atoms with E-state index in [1.165, 1.54) is 16.7 Å². The van der Waals surface area contributed by atoms with Crippen LogP contribution in [0.2, 0.25) is 0 Å². The molecule has 0 fully saturated rings. The van der Waals surface area contributed by atoms with Crippen LogP contribution in [0, 0.1) is 19.8 Å². The molecular formula is C22H30O3. The van der Waals surface area contributed by atoms with Crippen LogP contribution >= 0.6 is 0 Å². The second kappa shape index (κ2) is 7.07. The lowest BCUT2D eigenvalue weighted by atomic mass is 9.64. The maximum Gasteiger partial charge on any atom is 0.291 e. The average molecular weight is 342 g/mol. The molecule has 3 heteroatoms. The molecule has 1 aromatic rings. The van der Waals surface area contributed by atoms with Crippen molar-refractivity contribution < 1.29 is 9.15 Å². The van der Waals surface area contributed by atoms with Crippen molar-refractivity contribution in [3.63, 3.8) is 0 Å². The van der Waals surface area contributed by atoms with E-state index in [9.17, 15) is 4.79 Å². The van der Waals surface area contributed by atoms with Crippen molar-refractivity contribution in [1.82, 2.24) is 0 Å². The lowest BCUT2D eigenvalue weighted by Crippen LogP contribution is -2.36. The van der Waals surface area contributed by atoms with Crippen LogP contribution in [0.5, 0.6) is 5.95 Å². The molecule has 0 radical (unpaired) electrons. The first kappa shape index (κ1) is 19.3. The number of rotatable bonds is 4. The van der Waals surface area contributed by atoms with Crippen LogP contribution in [-0.2, 0) is 5.41 Å². The van der Waals surface area contributed by atoms with Crippen molar-refractivity contribution >= 4 is 0 Å². The molecule has 136 valence electrons. The van der Waals surface area contributed by atoms with E-state index in [1.54, 1.807) is 14.0 Å². The third-order valence-corrected chi connectivity index (χ3v) is 5.22. The predicted molar refractivity (Wildman–Crippen MR) is 103 cm³/mol. The molecule has 0 amide bonds. The molecule has 1 aromatic heterocycles. The van der Waals surface area contributed by atoms with Crippen LogP contribution in [0.15, 0.2) is 44.2 Å². The van der Waals surface area contributed by atoms with Crippen molar-refractivity contribution in [3.05, 3.63) is 62.1 Å². The Morgan fingerprint density at radius 3 is 2.48 bits per heavy atom. The summed E-state index contributed by atoms with van der Waals surface area (Å²) in [5, 5.41) is 0. The van der Waals surface area contributed by atoms with Crippen LogP contribution in [0.1, 0.15) is 57.9 Å². The molecule has 3 nitrogen and oxygen atoms in total. The van der Waals surface area contributed by atoms with Crippen molar-refractivity contribution in [2.24, 2.45) is 5.92 Å². The number of hydrogen-bond donors (Lipinski definition) is 0. The van der Waals surface area contributed by atoms with E-state index in [-0.39, 0.29) is 11.3 Å². The number of methoxy groups -OCH3 is 1. The summed E-state index contributed by atoms with van der Waals surface area (Å²) in [6, 6.07) is 0. The highest BCUT2D eigenvalue weighted by molar-refractivity contribution is 5.46. The Morgan fingerprint density at radius 2 is 1.92 bits per heavy atom. The zero-order valence-corrected chi connectivity index (χ0v) is 16.7. The fraction of sp³-hybridized carbons (Fsp3) is 0.500. The van der Waals surface area contributed by atoms with Gasteiger partial charge in [0.05, 0.1) is 18.1 Å². The molecule has 0 aliphatic heterocycles. The number of hydrogen-bond acceptors (Lipinski definition) is 3. The normalized spacial score (nSPS) is 24.0. The van der Waals surface area contributed by atoms with E-state index in [1.807, 2.05) is 6.92 Å². The summed E-state index contributed by atoms with van der Waals surface area (Å²) in [5.41, 5.74) is 4.51. The summed E-state index contributed by atoms with van der Waals surface area (Å²) in [4.78, 5) is 12.7. The second-order valence-corrected chi connectivity index (χ2v) is 7.35. The van der Waals surface area contributed by atoms with Gasteiger partial charge in [-0.25, -0.2) is 0 Å². The van der Waals surface area contributed by atoms with Gasteiger partial charge in [0, 0.05) is 11.5 Å². The van der Waals surface area contributed by atoms with E-state index < -0.39 is 5.41 Å². The van der Waals surface area contributed by atoms with Gasteiger partial charge in [0.25, 0.3) is 5.95 Å². The van der Waals surface area contributed by atoms with Gasteiger partial charge in [-0.15, -0.1) is 0 Å². The quantitative estimate of drug-likeness (QED) is 0.688. The van der Waals surface area contributed by atoms with Gasteiger partial charge < -0.3 is 9.15 Å². The van der Waals surface area contributed by atoms with Crippen molar-refractivity contribution in [3.8, 4) is 5.95 Å². The Morgan fingerprint density at radius 1 is 1.28 bits per heavy atom. The van der Waals surface area contributed by atoms with E-state index in [0.717, 1.165) is 6.42 Å². The van der Waals surface area contributed by atoms with Gasteiger partial charge in [0.2, 0.25) is 0 Å². The van der Waals surface area contributed by atoms with Crippen molar-refractivity contribution in [1.29, 1.82) is 0 Å². The Balaban J connectivity index is 2.81. The Kier molecular flexibility index (Phi) is 5.46. The Hall–Kier alpha value is -2.03. The van der Waals surface area contributed by atoms with Crippen LogP contribution in [0.25, 0.3) is 0 Å². The second-order valence-electron chi connectivity index (χ2n) is 7.35. The third-order valence-electron chi connectivity index (χ3n) is 5.22. The average Bonchev–Trinajstić information content (AvgIpc) is 2.52. The first-order valence-electron chi connectivity index (χ1n) is 8.90. The predicted octanol–water partition coefficient (Wildman–Crippen LogP) is 5.40. The molecule has 1 heterocycles. The van der Waals surface area contributed by atoms with Crippen LogP contribution in [0.4, 0.5) is 0 Å². The summed E-state index contributed by atoms with van der Waals surface area (Å²) in [6.07, 6.45) is 7.68. The maximum absolute atomic E-state index is 12.7. The SMILES string of the molecule is CC/C=C(\C)[C@H]1C(C)=CC(C)=C[C@@]1(C)c1oc(OC)c(C)c(=O)c1C. The fourth-order valence-electron chi connectivity index (χ4n) is 4.41. The molecule has 1 aliphatic carbocycles. The molecule has 0 spiro atoms. The molecular weight excluding hydrogens is 312 g/mol. The van der Waals surface area contributed by atoms with Gasteiger partial charge in [-0.1, -0.05) is 41.9 Å². The van der Waals surface area contributed by atoms with Crippen LogP contribution in [-0.4, -0.2) is 7.11 Å². The van der Waals surface area contributed by atoms with Gasteiger partial charge in [-0.3, -0.25) is 4.79 Å². The Bertz CT molecular complexity index is 820. The van der Waals surface area contributed by atoms with Crippen LogP contribution < -0.4 is 10.2 Å². The minimum absolute atomic E-state index is 0.00606. The van der Waals surface area contributed by atoms with Crippen molar-refractivity contribution in [2.75, 3.05) is 7.11 Å². The topological polar surface area (TPSA) is 39.4 Å². The summed E-state index contributed by atoms with van der Waals surface area (Å²) in [5.74, 6) is 1.16. The van der Waals surface area contributed by atoms with E-state index >= 15 is 0 Å². The summed E-state index contributed by atoms with van der Waals surface area (Å²) >= 11 is 0. The van der Waals surface area contributed by atoms with Crippen LogP contribution in [0.3, 0.4) is 0 Å². The standard InChI is InChI=1S/C22H30O3/c1-9-10-14(3)18-15(4)11-13(2)12-22(18,7)20-16(5)19(23)17(6)21(24-8)25-20/h10-12,18H,9H2,1-8H3/b14-10+/t18-,22+/m0/s1. The van der Waals surface area contributed by atoms with Gasteiger partial charge in [-0.2, -0.15) is 0 Å². The lowest BCUT2D eigenvalue weighted by Gasteiger charge is -2.40. The molecule has 0 N–H and O–H groups in total. The minimum Gasteiger partial charge on any atom is -0.468 e. The highest BCUT2D eigenvalue weighted by Crippen LogP contribution is 2.47. The molecule has 2 atom stereocenters. The van der Waals surface area contributed by atoms with Gasteiger partial charge in [0.15, 0.2) is 5.43 Å². The third kappa shape index (κ3) is 3.24. The molecule has 25 heavy (non-hydrogen) atoms. The highest BCUT2D eigenvalue weighted by Gasteiger charge is 2.42. The number of ether oxygens (including phenoxy) is 1. The molecule has 0 saturated heterocycles. The molecule has 0 saturated carbocycles. The first-order valence-corrected chi connectivity index (χ1v) is 8.90. The zero-order chi connectivity index (χ0) is 18.9. The van der Waals surface area contributed by atoms with Gasteiger partial charge >= 0.3 is 0 Å².